The average Bonchev–Trinajstić information content (AvgIpc) is 2.38. The van der Waals surface area contributed by atoms with Gasteiger partial charge in [-0.1, -0.05) is 11.6 Å². The van der Waals surface area contributed by atoms with Gasteiger partial charge in [0.1, 0.15) is 6.33 Å². The molecule has 100 valence electrons. The van der Waals surface area contributed by atoms with E-state index < -0.39 is 0 Å². The molecule has 1 aromatic heterocycles. The molecule has 2 heterocycles. The van der Waals surface area contributed by atoms with E-state index in [4.69, 9.17) is 16.3 Å². The van der Waals surface area contributed by atoms with E-state index in [1.54, 1.807) is 7.11 Å². The first kappa shape index (κ1) is 13.4. The Bertz CT molecular complexity index is 405. The number of rotatable bonds is 3. The maximum Gasteiger partial charge on any atom is 0.199 e. The highest BCUT2D eigenvalue weighted by Gasteiger charge is 2.24. The predicted molar refractivity (Wildman–Crippen MR) is 72.5 cm³/mol. The van der Waals surface area contributed by atoms with Crippen LogP contribution >= 0.6 is 11.6 Å². The van der Waals surface area contributed by atoms with E-state index in [-0.39, 0.29) is 0 Å². The van der Waals surface area contributed by atoms with Crippen LogP contribution < -0.4 is 9.64 Å². The van der Waals surface area contributed by atoms with Crippen LogP contribution in [-0.4, -0.2) is 55.2 Å². The van der Waals surface area contributed by atoms with E-state index in [9.17, 15) is 0 Å². The van der Waals surface area contributed by atoms with E-state index in [1.165, 1.54) is 6.33 Å². The molecule has 0 atom stereocenters. The summed E-state index contributed by atoms with van der Waals surface area (Å²) >= 11 is 6.02. The predicted octanol–water partition coefficient (Wildman–Crippen LogP) is 1.67. The third-order valence-corrected chi connectivity index (χ3v) is 3.71. The van der Waals surface area contributed by atoms with E-state index in [2.05, 4.69) is 33.9 Å². The van der Waals surface area contributed by atoms with E-state index in [0.29, 0.717) is 16.9 Å². The third kappa shape index (κ3) is 2.67. The Labute approximate surface area is 113 Å². The number of methoxy groups -OCH3 is 1. The van der Waals surface area contributed by atoms with Gasteiger partial charge < -0.3 is 14.5 Å². The molecule has 0 bridgehead atoms. The summed E-state index contributed by atoms with van der Waals surface area (Å²) in [7, 11) is 5.85. The summed E-state index contributed by atoms with van der Waals surface area (Å²) in [6.45, 7) is 1.93. The lowest BCUT2D eigenvalue weighted by molar-refractivity contribution is 0.248. The van der Waals surface area contributed by atoms with Gasteiger partial charge in [0.2, 0.25) is 0 Å². The van der Waals surface area contributed by atoms with Gasteiger partial charge in [0.05, 0.1) is 7.11 Å². The van der Waals surface area contributed by atoms with Crippen LogP contribution in [0.2, 0.25) is 5.15 Å². The molecule has 0 spiro atoms. The minimum Gasteiger partial charge on any atom is -0.490 e. The van der Waals surface area contributed by atoms with Crippen molar-refractivity contribution < 1.29 is 4.74 Å². The van der Waals surface area contributed by atoms with Crippen molar-refractivity contribution in [1.29, 1.82) is 0 Å². The highest BCUT2D eigenvalue weighted by molar-refractivity contribution is 6.31. The quantitative estimate of drug-likeness (QED) is 0.782. The van der Waals surface area contributed by atoms with Gasteiger partial charge in [0.25, 0.3) is 0 Å². The number of ether oxygens (including phenoxy) is 1. The Morgan fingerprint density at radius 3 is 2.56 bits per heavy atom. The van der Waals surface area contributed by atoms with Gasteiger partial charge in [0, 0.05) is 19.1 Å². The summed E-state index contributed by atoms with van der Waals surface area (Å²) < 4.78 is 5.29. The maximum absolute atomic E-state index is 6.02. The fourth-order valence-electron chi connectivity index (χ4n) is 2.34. The lowest BCUT2D eigenvalue weighted by atomic mass is 10.0. The number of halogens is 1. The summed E-state index contributed by atoms with van der Waals surface area (Å²) in [5.41, 5.74) is 0. The Morgan fingerprint density at radius 1 is 1.33 bits per heavy atom. The first-order valence-corrected chi connectivity index (χ1v) is 6.47. The minimum absolute atomic E-state index is 0.372. The Hall–Kier alpha value is -1.07. The molecule has 0 aromatic carbocycles. The van der Waals surface area contributed by atoms with Crippen molar-refractivity contribution in [2.75, 3.05) is 39.2 Å². The largest absolute Gasteiger partial charge is 0.490 e. The molecule has 0 unspecified atom stereocenters. The van der Waals surface area contributed by atoms with Gasteiger partial charge in [-0.25, -0.2) is 9.97 Å². The second-order valence-corrected chi connectivity index (χ2v) is 5.06. The van der Waals surface area contributed by atoms with Crippen LogP contribution in [-0.2, 0) is 0 Å². The molecule has 0 saturated carbocycles. The fraction of sp³-hybridized carbons (Fsp3) is 0.667. The van der Waals surface area contributed by atoms with Crippen LogP contribution in [0.5, 0.6) is 5.75 Å². The van der Waals surface area contributed by atoms with Gasteiger partial charge >= 0.3 is 0 Å². The minimum atomic E-state index is 0.372. The monoisotopic (exact) mass is 270 g/mol. The van der Waals surface area contributed by atoms with Crippen LogP contribution in [0.25, 0.3) is 0 Å². The standard InChI is InChI=1S/C12H19ClN4O/c1-16(2)9-4-6-17(7-5-9)12-10(18-3)11(13)14-8-15-12/h8-9H,4-7H2,1-3H3. The van der Waals surface area contributed by atoms with Gasteiger partial charge in [-0.15, -0.1) is 0 Å². The van der Waals surface area contributed by atoms with Crippen molar-refractivity contribution in [3.8, 4) is 5.75 Å². The second kappa shape index (κ2) is 5.71. The number of aromatic nitrogens is 2. The number of hydrogen-bond acceptors (Lipinski definition) is 5. The first-order valence-electron chi connectivity index (χ1n) is 6.09. The first-order chi connectivity index (χ1) is 8.63. The second-order valence-electron chi connectivity index (χ2n) is 4.70. The number of nitrogens with zero attached hydrogens (tertiary/aromatic N) is 4. The Balaban J connectivity index is 2.12. The van der Waals surface area contributed by atoms with Crippen LogP contribution in [0.3, 0.4) is 0 Å². The van der Waals surface area contributed by atoms with Gasteiger partial charge in [-0.2, -0.15) is 0 Å². The van der Waals surface area contributed by atoms with Crippen molar-refractivity contribution in [3.63, 3.8) is 0 Å². The highest BCUT2D eigenvalue weighted by atomic mass is 35.5. The molecule has 1 fully saturated rings. The third-order valence-electron chi connectivity index (χ3n) is 3.44. The van der Waals surface area contributed by atoms with E-state index in [1.807, 2.05) is 0 Å². The van der Waals surface area contributed by atoms with Crippen LogP contribution in [0.15, 0.2) is 6.33 Å². The van der Waals surface area contributed by atoms with Crippen molar-refractivity contribution in [1.82, 2.24) is 14.9 Å². The molecule has 0 amide bonds. The Morgan fingerprint density at radius 2 is 2.00 bits per heavy atom. The summed E-state index contributed by atoms with van der Waals surface area (Å²) in [6.07, 6.45) is 3.73. The average molecular weight is 271 g/mol. The summed E-state index contributed by atoms with van der Waals surface area (Å²) in [5.74, 6) is 1.37. The zero-order valence-corrected chi connectivity index (χ0v) is 11.8. The van der Waals surface area contributed by atoms with Gasteiger partial charge in [-0.3, -0.25) is 0 Å². The molecule has 18 heavy (non-hydrogen) atoms. The van der Waals surface area contributed by atoms with Crippen molar-refractivity contribution in [3.05, 3.63) is 11.5 Å². The lowest BCUT2D eigenvalue weighted by Gasteiger charge is -2.36. The number of piperidine rings is 1. The molecule has 1 aliphatic rings. The van der Waals surface area contributed by atoms with Crippen LogP contribution in [0.1, 0.15) is 12.8 Å². The molecule has 2 rings (SSSR count). The maximum atomic E-state index is 6.02. The molecule has 1 aromatic rings. The topological polar surface area (TPSA) is 41.5 Å². The fourth-order valence-corrected chi connectivity index (χ4v) is 2.54. The molecular formula is C12H19ClN4O. The SMILES string of the molecule is COc1c(Cl)ncnc1N1CCC(N(C)C)CC1. The molecule has 0 N–H and O–H groups in total. The van der Waals surface area contributed by atoms with Crippen LogP contribution in [0, 0.1) is 0 Å². The summed E-state index contributed by atoms with van der Waals surface area (Å²) in [6, 6.07) is 0.643. The van der Waals surface area contributed by atoms with E-state index in [0.717, 1.165) is 31.7 Å². The number of anilines is 1. The molecule has 0 aliphatic carbocycles. The lowest BCUT2D eigenvalue weighted by Crippen LogP contribution is -2.42. The molecule has 1 aliphatic heterocycles. The van der Waals surface area contributed by atoms with Crippen molar-refractivity contribution in [2.24, 2.45) is 0 Å². The summed E-state index contributed by atoms with van der Waals surface area (Å²) in [4.78, 5) is 12.7. The van der Waals surface area contributed by atoms with Crippen molar-refractivity contribution in [2.45, 2.75) is 18.9 Å². The normalized spacial score (nSPS) is 17.3. The van der Waals surface area contributed by atoms with Crippen molar-refractivity contribution >= 4 is 17.4 Å². The molecular weight excluding hydrogens is 252 g/mol. The zero-order chi connectivity index (χ0) is 13.1. The zero-order valence-electron chi connectivity index (χ0n) is 11.1. The Kier molecular flexibility index (Phi) is 4.24. The molecule has 1 saturated heterocycles. The molecule has 0 radical (unpaired) electrons. The summed E-state index contributed by atoms with van der Waals surface area (Å²) in [5, 5.41) is 0.372. The smallest absolute Gasteiger partial charge is 0.199 e. The highest BCUT2D eigenvalue weighted by Crippen LogP contribution is 2.33. The van der Waals surface area contributed by atoms with Gasteiger partial charge in [-0.05, 0) is 26.9 Å². The van der Waals surface area contributed by atoms with E-state index >= 15 is 0 Å². The van der Waals surface area contributed by atoms with Crippen LogP contribution in [0.4, 0.5) is 5.82 Å². The molecule has 5 nitrogen and oxygen atoms in total. The molecule has 6 heteroatoms. The van der Waals surface area contributed by atoms with Gasteiger partial charge in [0.15, 0.2) is 16.7 Å². The number of hydrogen-bond donors (Lipinski definition) is 0.